The van der Waals surface area contributed by atoms with E-state index in [-0.39, 0.29) is 36.8 Å². The molecule has 0 saturated carbocycles. The molecule has 0 rings (SSSR count). The number of allylic oxidation sites excluding steroid dienone is 1. The van der Waals surface area contributed by atoms with E-state index in [4.69, 9.17) is 9.47 Å². The SMILES string of the molecule is CCCCCCCCCCCCC/C=C/C(O)C(COC(=O)CCCN(C)C)NC(=O)CCCCOC(=O)C(CCCCCC)CCCCCCCC. The first-order valence-corrected chi connectivity index (χ1v) is 22.4. The van der Waals surface area contributed by atoms with Gasteiger partial charge in [0.2, 0.25) is 5.91 Å². The van der Waals surface area contributed by atoms with Crippen LogP contribution in [0.1, 0.15) is 207 Å². The highest BCUT2D eigenvalue weighted by Gasteiger charge is 2.22. The van der Waals surface area contributed by atoms with E-state index in [2.05, 4.69) is 26.1 Å². The van der Waals surface area contributed by atoms with Crippen LogP contribution >= 0.6 is 0 Å². The minimum atomic E-state index is -0.955. The lowest BCUT2D eigenvalue weighted by molar-refractivity contribution is -0.149. The fourth-order valence-electron chi connectivity index (χ4n) is 6.64. The van der Waals surface area contributed by atoms with Crippen LogP contribution in [0.25, 0.3) is 0 Å². The van der Waals surface area contributed by atoms with Gasteiger partial charge in [0, 0.05) is 12.8 Å². The van der Waals surface area contributed by atoms with Crippen molar-refractivity contribution in [2.75, 3.05) is 33.9 Å². The van der Waals surface area contributed by atoms with Gasteiger partial charge in [-0.3, -0.25) is 14.4 Å². The van der Waals surface area contributed by atoms with Gasteiger partial charge in [0.25, 0.3) is 0 Å². The maximum absolute atomic E-state index is 13.0. The normalized spacial score (nSPS) is 13.3. The van der Waals surface area contributed by atoms with Gasteiger partial charge in [0.15, 0.2) is 0 Å². The van der Waals surface area contributed by atoms with Crippen LogP contribution in [-0.4, -0.2) is 73.9 Å². The van der Waals surface area contributed by atoms with E-state index in [1.165, 1.54) is 109 Å². The highest BCUT2D eigenvalue weighted by Crippen LogP contribution is 2.21. The molecule has 312 valence electrons. The summed E-state index contributed by atoms with van der Waals surface area (Å²) in [5.41, 5.74) is 0. The first kappa shape index (κ1) is 51.1. The maximum Gasteiger partial charge on any atom is 0.308 e. The molecule has 0 radical (unpaired) electrons. The Morgan fingerprint density at radius 1 is 0.623 bits per heavy atom. The predicted molar refractivity (Wildman–Crippen MR) is 222 cm³/mol. The molecular weight excluding hydrogens is 665 g/mol. The molecule has 3 unspecified atom stereocenters. The molecule has 0 heterocycles. The molecule has 0 aliphatic carbocycles. The van der Waals surface area contributed by atoms with Gasteiger partial charge >= 0.3 is 11.9 Å². The Kier molecular flexibility index (Phi) is 37.0. The van der Waals surface area contributed by atoms with Gasteiger partial charge in [-0.15, -0.1) is 0 Å². The number of nitrogens with zero attached hydrogens (tertiary/aromatic N) is 1. The molecule has 0 saturated heterocycles. The third-order valence-corrected chi connectivity index (χ3v) is 10.2. The number of hydrogen-bond acceptors (Lipinski definition) is 7. The molecule has 0 bridgehead atoms. The fraction of sp³-hybridized carbons (Fsp3) is 0.889. The number of carbonyl (C=O) groups is 3. The average molecular weight is 751 g/mol. The van der Waals surface area contributed by atoms with E-state index in [1.807, 2.05) is 25.1 Å². The number of amides is 1. The number of nitrogens with one attached hydrogen (secondary N) is 1. The topological polar surface area (TPSA) is 105 Å². The van der Waals surface area contributed by atoms with Crippen molar-refractivity contribution in [3.05, 3.63) is 12.2 Å². The molecule has 2 N–H and O–H groups in total. The second-order valence-electron chi connectivity index (χ2n) is 15.7. The smallest absolute Gasteiger partial charge is 0.308 e. The summed E-state index contributed by atoms with van der Waals surface area (Å²) in [4.78, 5) is 40.3. The van der Waals surface area contributed by atoms with Crippen LogP contribution in [0.3, 0.4) is 0 Å². The Balaban J connectivity index is 4.72. The van der Waals surface area contributed by atoms with Crippen LogP contribution in [0, 0.1) is 5.92 Å². The fourth-order valence-corrected chi connectivity index (χ4v) is 6.64. The van der Waals surface area contributed by atoms with E-state index in [0.29, 0.717) is 32.3 Å². The van der Waals surface area contributed by atoms with Crippen molar-refractivity contribution in [3.8, 4) is 0 Å². The molecule has 0 spiro atoms. The third-order valence-electron chi connectivity index (χ3n) is 10.2. The van der Waals surface area contributed by atoms with Crippen LogP contribution in [0.15, 0.2) is 12.2 Å². The van der Waals surface area contributed by atoms with Gasteiger partial charge in [-0.2, -0.15) is 0 Å². The molecule has 53 heavy (non-hydrogen) atoms. The largest absolute Gasteiger partial charge is 0.465 e. The van der Waals surface area contributed by atoms with Crippen molar-refractivity contribution in [1.29, 1.82) is 0 Å². The van der Waals surface area contributed by atoms with E-state index in [1.54, 1.807) is 6.08 Å². The Labute approximate surface area is 327 Å². The lowest BCUT2D eigenvalue weighted by Crippen LogP contribution is -2.46. The molecule has 0 aliphatic rings. The molecule has 0 aliphatic heterocycles. The van der Waals surface area contributed by atoms with Crippen LogP contribution < -0.4 is 5.32 Å². The van der Waals surface area contributed by atoms with Crippen molar-refractivity contribution in [3.63, 3.8) is 0 Å². The summed E-state index contributed by atoms with van der Waals surface area (Å²) in [5, 5.41) is 13.9. The van der Waals surface area contributed by atoms with Crippen LogP contribution in [-0.2, 0) is 23.9 Å². The van der Waals surface area contributed by atoms with Crippen molar-refractivity contribution < 1.29 is 29.0 Å². The van der Waals surface area contributed by atoms with Crippen LogP contribution in [0.2, 0.25) is 0 Å². The zero-order valence-electron chi connectivity index (χ0n) is 35.4. The first-order chi connectivity index (χ1) is 25.7. The highest BCUT2D eigenvalue weighted by molar-refractivity contribution is 5.76. The minimum absolute atomic E-state index is 0.0304. The second-order valence-corrected chi connectivity index (χ2v) is 15.7. The molecule has 0 fully saturated rings. The van der Waals surface area contributed by atoms with Crippen molar-refractivity contribution in [2.45, 2.75) is 219 Å². The Hall–Kier alpha value is -1.93. The molecule has 0 aromatic carbocycles. The van der Waals surface area contributed by atoms with E-state index < -0.39 is 12.1 Å². The first-order valence-electron chi connectivity index (χ1n) is 22.4. The van der Waals surface area contributed by atoms with Crippen LogP contribution in [0.4, 0.5) is 0 Å². The standard InChI is InChI=1S/C45H86N2O6/c1-6-9-12-15-17-18-19-20-21-22-23-25-28-34-42(48)41(39-53-44(50)36-31-37-47(4)5)46-43(49)35-29-30-38-52-45(51)40(32-26-14-11-8-3)33-27-24-16-13-10-7-2/h28,34,40-42,48H,6-27,29-33,35-39H2,1-5H3,(H,46,49)/b34-28+. The van der Waals surface area contributed by atoms with E-state index >= 15 is 0 Å². The average Bonchev–Trinajstić information content (AvgIpc) is 3.13. The summed E-state index contributed by atoms with van der Waals surface area (Å²) < 4.78 is 11.2. The van der Waals surface area contributed by atoms with E-state index in [0.717, 1.165) is 51.5 Å². The lowest BCUT2D eigenvalue weighted by atomic mass is 9.94. The number of rotatable bonds is 39. The number of unbranched alkanes of at least 4 members (excludes halogenated alkanes) is 20. The summed E-state index contributed by atoms with van der Waals surface area (Å²) in [6.07, 6.45) is 33.9. The van der Waals surface area contributed by atoms with Gasteiger partial charge in [0.1, 0.15) is 6.61 Å². The number of hydrogen-bond donors (Lipinski definition) is 2. The maximum atomic E-state index is 13.0. The van der Waals surface area contributed by atoms with Gasteiger partial charge in [-0.05, 0) is 65.6 Å². The third kappa shape index (κ3) is 34.3. The Morgan fingerprint density at radius 3 is 1.68 bits per heavy atom. The number of aliphatic hydroxyl groups is 1. The lowest BCUT2D eigenvalue weighted by Gasteiger charge is -2.22. The summed E-state index contributed by atoms with van der Waals surface area (Å²) >= 11 is 0. The van der Waals surface area contributed by atoms with Crippen LogP contribution in [0.5, 0.6) is 0 Å². The molecule has 3 atom stereocenters. The van der Waals surface area contributed by atoms with Crippen molar-refractivity contribution >= 4 is 17.8 Å². The van der Waals surface area contributed by atoms with Gasteiger partial charge < -0.3 is 24.8 Å². The van der Waals surface area contributed by atoms with Gasteiger partial charge in [-0.25, -0.2) is 0 Å². The van der Waals surface area contributed by atoms with E-state index in [9.17, 15) is 19.5 Å². The molecule has 0 aromatic heterocycles. The number of carbonyl (C=O) groups excluding carboxylic acids is 3. The monoisotopic (exact) mass is 751 g/mol. The molecular formula is C45H86N2O6. The molecule has 8 nitrogen and oxygen atoms in total. The summed E-state index contributed by atoms with van der Waals surface area (Å²) in [6, 6.07) is -0.720. The second kappa shape index (κ2) is 38.3. The highest BCUT2D eigenvalue weighted by atomic mass is 16.5. The number of ether oxygens (including phenoxy) is 2. The zero-order chi connectivity index (χ0) is 39.2. The Bertz CT molecular complexity index is 879. The Morgan fingerprint density at radius 2 is 1.13 bits per heavy atom. The quantitative estimate of drug-likeness (QED) is 0.0366. The number of aliphatic hydroxyl groups excluding tert-OH is 1. The van der Waals surface area contributed by atoms with Gasteiger partial charge in [0.05, 0.1) is 24.7 Å². The number of esters is 2. The van der Waals surface area contributed by atoms with Gasteiger partial charge in [-0.1, -0.05) is 161 Å². The summed E-state index contributed by atoms with van der Waals surface area (Å²) in [6.45, 7) is 7.70. The zero-order valence-corrected chi connectivity index (χ0v) is 35.4. The minimum Gasteiger partial charge on any atom is -0.465 e. The van der Waals surface area contributed by atoms with Crippen molar-refractivity contribution in [1.82, 2.24) is 10.2 Å². The molecule has 8 heteroatoms. The molecule has 0 aromatic rings. The summed E-state index contributed by atoms with van der Waals surface area (Å²) in [5.74, 6) is -0.656. The predicted octanol–water partition coefficient (Wildman–Crippen LogP) is 11.0. The summed E-state index contributed by atoms with van der Waals surface area (Å²) in [7, 11) is 3.92. The van der Waals surface area contributed by atoms with Crippen molar-refractivity contribution in [2.24, 2.45) is 5.92 Å². The molecule has 1 amide bonds.